The van der Waals surface area contributed by atoms with Crippen LogP contribution in [-0.4, -0.2) is 23.1 Å². The maximum Gasteiger partial charge on any atom is 2.00 e. The fraction of sp³-hybridized carbons (Fsp3) is 0.750. The molecule has 0 aromatic heterocycles. The first-order valence-corrected chi connectivity index (χ1v) is 1.50. The Morgan fingerprint density at radius 1 is 1.00 bits per heavy atom. The Balaban J connectivity index is -0.00000000750. The van der Waals surface area contributed by atoms with Crippen molar-refractivity contribution in [3.05, 3.63) is 5.92 Å². The summed E-state index contributed by atoms with van der Waals surface area (Å²) in [5.41, 5.74) is 0. The van der Waals surface area contributed by atoms with Crippen LogP contribution in [0.25, 0.3) is 0 Å². The molecule has 0 aliphatic rings. The zero-order valence-corrected chi connectivity index (χ0v) is 9.72. The van der Waals surface area contributed by atoms with Gasteiger partial charge in [-0.3, -0.25) is 0 Å². The molecule has 0 aliphatic carbocycles. The minimum Gasteiger partial charge on any atom is -1.00 e. The normalized spacial score (nSPS) is 4.50. The molecule has 0 amide bonds. The smallest absolute Gasteiger partial charge is 1.00 e. The number of hydrogen-bond acceptors (Lipinski definition) is 0. The van der Waals surface area contributed by atoms with Gasteiger partial charge in [0.15, 0.2) is 0 Å². The average molecular weight is 204 g/mol. The molecule has 0 aromatic rings. The quantitative estimate of drug-likeness (QED) is 0.271. The van der Waals surface area contributed by atoms with E-state index in [0.29, 0.717) is 0 Å². The predicted octanol–water partition coefficient (Wildman–Crippen LogP) is -7.75. The van der Waals surface area contributed by atoms with Crippen molar-refractivity contribution in [1.82, 2.24) is 0 Å². The zero-order valence-electron chi connectivity index (χ0n) is 5.96. The second-order valence-corrected chi connectivity index (χ2v) is 1.50. The Bertz CT molecular complexity index is 20.8. The van der Waals surface area contributed by atoms with Crippen LogP contribution in [0.2, 0.25) is 0 Å². The van der Waals surface area contributed by atoms with E-state index in [-0.39, 0.29) is 71.3 Å². The van der Waals surface area contributed by atoms with Crippen LogP contribution in [0, 0.1) is 5.92 Å². The van der Waals surface area contributed by atoms with E-state index in [2.05, 4.69) is 20.8 Å². The van der Waals surface area contributed by atoms with Crippen LogP contribution in [0.3, 0.4) is 0 Å². The summed E-state index contributed by atoms with van der Waals surface area (Å²) in [7, 11) is 0. The van der Waals surface area contributed by atoms with Crippen LogP contribution in [-0.2, 0) is 0 Å². The van der Waals surface area contributed by atoms with E-state index < -0.39 is 0 Å². The molecule has 4 heteroatoms. The second-order valence-electron chi connectivity index (χ2n) is 1.50. The third kappa shape index (κ3) is 90.9. The summed E-state index contributed by atoms with van der Waals surface area (Å²) in [5, 5.41) is 0. The van der Waals surface area contributed by atoms with E-state index >= 15 is 0 Å². The van der Waals surface area contributed by atoms with Crippen LogP contribution in [0.5, 0.6) is 0 Å². The minimum atomic E-state index is 0. The van der Waals surface area contributed by atoms with Gasteiger partial charge < -0.3 is 35.3 Å². The summed E-state index contributed by atoms with van der Waals surface area (Å²) < 4.78 is 0. The van der Waals surface area contributed by atoms with Crippen molar-refractivity contribution in [2.24, 2.45) is 0 Å². The Labute approximate surface area is 97.1 Å². The Hall–Kier alpha value is 2.13. The fourth-order valence-electron chi connectivity index (χ4n) is 0. The standard InChI is InChI=1S/C4H9.BrH.ClH.Li.Mg/c1-4(2)3;;;;/h1-3H3;2*1H;;/q-1;;;+1;+2/p-2. The largest absolute Gasteiger partial charge is 2.00 e. The van der Waals surface area contributed by atoms with E-state index in [9.17, 15) is 0 Å². The molecule has 0 saturated heterocycles. The maximum atomic E-state index is 2.08. The van der Waals surface area contributed by atoms with Crippen molar-refractivity contribution in [3.63, 3.8) is 0 Å². The molecular formula is C4H9BrClLiMg. The maximum absolute atomic E-state index is 2.08. The van der Waals surface area contributed by atoms with Crippen molar-refractivity contribution >= 4 is 23.1 Å². The molecule has 0 fully saturated rings. The molecule has 42 valence electrons. The summed E-state index contributed by atoms with van der Waals surface area (Å²) in [6.45, 7) is 6.25. The van der Waals surface area contributed by atoms with Crippen molar-refractivity contribution in [2.45, 2.75) is 20.8 Å². The summed E-state index contributed by atoms with van der Waals surface area (Å²) in [6, 6.07) is 0. The SMILES string of the molecule is C[C-](C)C.[Br-].[Cl-].[Li+].[Mg+2]. The Kier molecular flexibility index (Phi) is 91.9. The third-order valence-electron chi connectivity index (χ3n) is 0. The van der Waals surface area contributed by atoms with Gasteiger partial charge in [0, 0.05) is 0 Å². The van der Waals surface area contributed by atoms with Gasteiger partial charge in [-0.2, -0.15) is 20.8 Å². The van der Waals surface area contributed by atoms with Gasteiger partial charge in [-0.1, -0.05) is 0 Å². The molecule has 0 unspecified atom stereocenters. The molecule has 0 heterocycles. The Morgan fingerprint density at radius 2 is 1.00 bits per heavy atom. The summed E-state index contributed by atoms with van der Waals surface area (Å²) in [4.78, 5) is 0. The minimum absolute atomic E-state index is 0. The number of hydrogen-bond donors (Lipinski definition) is 0. The van der Waals surface area contributed by atoms with E-state index in [0.717, 1.165) is 0 Å². The fourth-order valence-corrected chi connectivity index (χ4v) is 0. The second kappa shape index (κ2) is 22.9. The third-order valence-corrected chi connectivity index (χ3v) is 0. The van der Waals surface area contributed by atoms with Crippen LogP contribution in [0.1, 0.15) is 20.8 Å². The van der Waals surface area contributed by atoms with Gasteiger partial charge in [0.25, 0.3) is 0 Å². The summed E-state index contributed by atoms with van der Waals surface area (Å²) in [5.74, 6) is 1.42. The van der Waals surface area contributed by atoms with E-state index in [4.69, 9.17) is 0 Å². The average Bonchev–Trinajstić information content (AvgIpc) is 0.811. The molecule has 0 aliphatic heterocycles. The molecular weight excluding hydrogens is 195 g/mol. The van der Waals surface area contributed by atoms with E-state index in [1.165, 1.54) is 5.92 Å². The van der Waals surface area contributed by atoms with E-state index in [1.807, 2.05) is 0 Å². The van der Waals surface area contributed by atoms with Crippen LogP contribution >= 0.6 is 0 Å². The first-order chi connectivity index (χ1) is 1.73. The predicted molar refractivity (Wildman–Crippen MR) is 26.0 cm³/mol. The van der Waals surface area contributed by atoms with Crippen molar-refractivity contribution < 1.29 is 48.2 Å². The monoisotopic (exact) mass is 202 g/mol. The first kappa shape index (κ1) is 32.1. The van der Waals surface area contributed by atoms with E-state index in [1.54, 1.807) is 0 Å². The molecule has 0 nitrogen and oxygen atoms in total. The molecule has 0 saturated carbocycles. The van der Waals surface area contributed by atoms with Gasteiger partial charge in [0.2, 0.25) is 0 Å². The molecule has 0 atom stereocenters. The zero-order chi connectivity index (χ0) is 3.58. The number of rotatable bonds is 0. The van der Waals surface area contributed by atoms with Crippen molar-refractivity contribution in [2.75, 3.05) is 0 Å². The van der Waals surface area contributed by atoms with Crippen LogP contribution < -0.4 is 48.2 Å². The summed E-state index contributed by atoms with van der Waals surface area (Å²) >= 11 is 0. The van der Waals surface area contributed by atoms with Gasteiger partial charge in [0.05, 0.1) is 0 Å². The van der Waals surface area contributed by atoms with Crippen LogP contribution in [0.15, 0.2) is 0 Å². The Morgan fingerprint density at radius 3 is 1.00 bits per heavy atom. The topological polar surface area (TPSA) is 0 Å². The molecule has 8 heavy (non-hydrogen) atoms. The molecule has 0 bridgehead atoms. The molecule has 0 rings (SSSR count). The van der Waals surface area contributed by atoms with Crippen molar-refractivity contribution in [1.29, 1.82) is 0 Å². The molecule has 0 N–H and O–H groups in total. The molecule has 0 radical (unpaired) electrons. The van der Waals surface area contributed by atoms with Gasteiger partial charge in [-0.05, 0) is 0 Å². The summed E-state index contributed by atoms with van der Waals surface area (Å²) in [6.07, 6.45) is 0. The first-order valence-electron chi connectivity index (χ1n) is 1.50. The number of halogens is 2. The van der Waals surface area contributed by atoms with Gasteiger partial charge in [-0.25, -0.2) is 0 Å². The van der Waals surface area contributed by atoms with Crippen molar-refractivity contribution in [3.8, 4) is 0 Å². The molecule has 0 aromatic carbocycles. The van der Waals surface area contributed by atoms with Crippen LogP contribution in [0.4, 0.5) is 0 Å². The van der Waals surface area contributed by atoms with Gasteiger partial charge in [-0.15, -0.1) is 0 Å². The molecule has 0 spiro atoms. The van der Waals surface area contributed by atoms with Gasteiger partial charge in [0.1, 0.15) is 0 Å². The van der Waals surface area contributed by atoms with Gasteiger partial charge >= 0.3 is 41.9 Å².